The fraction of sp³-hybridized carbons (Fsp3) is 0.462. The second-order valence-electron chi connectivity index (χ2n) is 4.38. The van der Waals surface area contributed by atoms with Crippen molar-refractivity contribution in [3.63, 3.8) is 0 Å². The van der Waals surface area contributed by atoms with Crippen molar-refractivity contribution in [2.75, 3.05) is 13.7 Å². The Morgan fingerprint density at radius 1 is 1.41 bits per heavy atom. The summed E-state index contributed by atoms with van der Waals surface area (Å²) in [7, 11) is 2.01. The van der Waals surface area contributed by atoms with Crippen LogP contribution in [0.15, 0.2) is 30.3 Å². The zero-order valence-corrected chi connectivity index (χ0v) is 10.1. The number of nitrogens with one attached hydrogen (secondary N) is 1. The van der Waals surface area contributed by atoms with Gasteiger partial charge in [0.2, 0.25) is 0 Å². The summed E-state index contributed by atoms with van der Waals surface area (Å²) >= 11 is 0. The topological polar surface area (TPSA) is 41.6 Å². The highest BCUT2D eigenvalue weighted by Gasteiger charge is 2.25. The average Bonchev–Trinajstić information content (AvgIpc) is 3.19. The third kappa shape index (κ3) is 4.07. The fourth-order valence-electron chi connectivity index (χ4n) is 1.61. The molecule has 4 heteroatoms. The third-order valence-corrected chi connectivity index (χ3v) is 2.86. The van der Waals surface area contributed by atoms with Crippen molar-refractivity contribution >= 4 is 6.09 Å². The van der Waals surface area contributed by atoms with E-state index in [4.69, 9.17) is 4.74 Å². The Kier molecular flexibility index (Phi) is 3.98. The first-order chi connectivity index (χ1) is 8.25. The molecule has 0 atom stereocenters. The summed E-state index contributed by atoms with van der Waals surface area (Å²) in [5.74, 6) is 0. The van der Waals surface area contributed by atoms with Crippen molar-refractivity contribution in [2.45, 2.75) is 25.5 Å². The van der Waals surface area contributed by atoms with Gasteiger partial charge in [-0.1, -0.05) is 30.3 Å². The van der Waals surface area contributed by atoms with Gasteiger partial charge >= 0.3 is 6.09 Å². The first-order valence-electron chi connectivity index (χ1n) is 5.90. The average molecular weight is 234 g/mol. The van der Waals surface area contributed by atoms with Crippen molar-refractivity contribution in [3.05, 3.63) is 35.9 Å². The van der Waals surface area contributed by atoms with Gasteiger partial charge in [-0.05, 0) is 25.5 Å². The van der Waals surface area contributed by atoms with Gasteiger partial charge in [0.1, 0.15) is 6.61 Å². The van der Waals surface area contributed by atoms with Crippen LogP contribution in [-0.4, -0.2) is 30.8 Å². The molecule has 0 unspecified atom stereocenters. The maximum atomic E-state index is 11.4. The van der Waals surface area contributed by atoms with Crippen molar-refractivity contribution in [1.82, 2.24) is 10.2 Å². The van der Waals surface area contributed by atoms with Gasteiger partial charge in [-0.2, -0.15) is 0 Å². The van der Waals surface area contributed by atoms with E-state index in [0.29, 0.717) is 19.3 Å². The monoisotopic (exact) mass is 234 g/mol. The Morgan fingerprint density at radius 3 is 2.76 bits per heavy atom. The number of benzene rings is 1. The standard InChI is InChI=1S/C13H18N2O2/c1-15(12-7-8-12)10-14-13(16)17-9-11-5-3-2-4-6-11/h2-6,12H,7-10H2,1H3,(H,14,16). The lowest BCUT2D eigenvalue weighted by molar-refractivity contribution is 0.132. The van der Waals surface area contributed by atoms with E-state index in [-0.39, 0.29) is 6.09 Å². The minimum atomic E-state index is -0.360. The molecule has 1 saturated carbocycles. The van der Waals surface area contributed by atoms with Crippen LogP contribution in [0, 0.1) is 0 Å². The van der Waals surface area contributed by atoms with E-state index in [9.17, 15) is 4.79 Å². The predicted molar refractivity (Wildman–Crippen MR) is 65.4 cm³/mol. The van der Waals surface area contributed by atoms with E-state index >= 15 is 0 Å². The van der Waals surface area contributed by atoms with Crippen LogP contribution in [0.2, 0.25) is 0 Å². The molecule has 0 radical (unpaired) electrons. The lowest BCUT2D eigenvalue weighted by Gasteiger charge is -2.16. The van der Waals surface area contributed by atoms with Crippen LogP contribution in [0.1, 0.15) is 18.4 Å². The second kappa shape index (κ2) is 5.68. The van der Waals surface area contributed by atoms with E-state index < -0.39 is 0 Å². The molecule has 1 amide bonds. The molecule has 2 rings (SSSR count). The third-order valence-electron chi connectivity index (χ3n) is 2.86. The first-order valence-corrected chi connectivity index (χ1v) is 5.90. The lowest BCUT2D eigenvalue weighted by atomic mass is 10.2. The Morgan fingerprint density at radius 2 is 2.12 bits per heavy atom. The molecule has 0 aliphatic heterocycles. The molecule has 0 heterocycles. The summed E-state index contributed by atoms with van der Waals surface area (Å²) in [6.07, 6.45) is 2.11. The molecule has 1 N–H and O–H groups in total. The maximum Gasteiger partial charge on any atom is 0.408 e. The number of carbonyl (C=O) groups is 1. The van der Waals surface area contributed by atoms with Gasteiger partial charge in [0.15, 0.2) is 0 Å². The molecule has 17 heavy (non-hydrogen) atoms. The van der Waals surface area contributed by atoms with Crippen LogP contribution in [0.25, 0.3) is 0 Å². The molecular formula is C13H18N2O2. The highest BCUT2D eigenvalue weighted by molar-refractivity contribution is 5.67. The van der Waals surface area contributed by atoms with E-state index in [1.807, 2.05) is 37.4 Å². The lowest BCUT2D eigenvalue weighted by Crippen LogP contribution is -2.36. The number of nitrogens with zero attached hydrogens (tertiary/aromatic N) is 1. The minimum absolute atomic E-state index is 0.319. The van der Waals surface area contributed by atoms with E-state index in [0.717, 1.165) is 5.56 Å². The SMILES string of the molecule is CN(CNC(=O)OCc1ccccc1)C1CC1. The molecule has 0 saturated heterocycles. The molecule has 0 aromatic heterocycles. The molecule has 0 bridgehead atoms. The van der Waals surface area contributed by atoms with Crippen molar-refractivity contribution in [1.29, 1.82) is 0 Å². The first kappa shape index (κ1) is 11.9. The summed E-state index contributed by atoms with van der Waals surface area (Å²) in [6, 6.07) is 10.3. The quantitative estimate of drug-likeness (QED) is 0.792. The van der Waals surface area contributed by atoms with Crippen molar-refractivity contribution < 1.29 is 9.53 Å². The molecular weight excluding hydrogens is 216 g/mol. The summed E-state index contributed by atoms with van der Waals surface area (Å²) in [6.45, 7) is 0.873. The number of alkyl carbamates (subject to hydrolysis) is 1. The Balaban J connectivity index is 1.63. The van der Waals surface area contributed by atoms with Crippen LogP contribution < -0.4 is 5.32 Å². The summed E-state index contributed by atoms with van der Waals surface area (Å²) < 4.78 is 5.10. The van der Waals surface area contributed by atoms with E-state index in [1.165, 1.54) is 12.8 Å². The second-order valence-corrected chi connectivity index (χ2v) is 4.38. The van der Waals surface area contributed by atoms with Crippen LogP contribution in [0.4, 0.5) is 4.79 Å². The maximum absolute atomic E-state index is 11.4. The van der Waals surface area contributed by atoms with Gasteiger partial charge in [0.05, 0.1) is 6.67 Å². The van der Waals surface area contributed by atoms with Crippen LogP contribution >= 0.6 is 0 Å². The van der Waals surface area contributed by atoms with Crippen molar-refractivity contribution in [2.24, 2.45) is 0 Å². The normalized spacial score (nSPS) is 14.7. The molecule has 1 aromatic carbocycles. The summed E-state index contributed by atoms with van der Waals surface area (Å²) in [5, 5.41) is 2.74. The van der Waals surface area contributed by atoms with Gasteiger partial charge in [0, 0.05) is 6.04 Å². The number of hydrogen-bond donors (Lipinski definition) is 1. The Bertz CT molecular complexity index is 363. The predicted octanol–water partition coefficient (Wildman–Crippen LogP) is 1.96. The van der Waals surface area contributed by atoms with Gasteiger partial charge in [-0.15, -0.1) is 0 Å². The highest BCUT2D eigenvalue weighted by atomic mass is 16.5. The fourth-order valence-corrected chi connectivity index (χ4v) is 1.61. The van der Waals surface area contributed by atoms with Crippen LogP contribution in [0.5, 0.6) is 0 Å². The summed E-state index contributed by atoms with van der Waals surface area (Å²) in [4.78, 5) is 13.5. The minimum Gasteiger partial charge on any atom is -0.445 e. The zero-order valence-electron chi connectivity index (χ0n) is 10.1. The number of rotatable bonds is 5. The number of ether oxygens (including phenoxy) is 1. The van der Waals surface area contributed by atoms with E-state index in [1.54, 1.807) is 0 Å². The number of amides is 1. The molecule has 1 fully saturated rings. The zero-order chi connectivity index (χ0) is 12.1. The molecule has 4 nitrogen and oxygen atoms in total. The van der Waals surface area contributed by atoms with Gasteiger partial charge in [-0.3, -0.25) is 4.90 Å². The van der Waals surface area contributed by atoms with E-state index in [2.05, 4.69) is 10.2 Å². The Hall–Kier alpha value is -1.55. The van der Waals surface area contributed by atoms with Gasteiger partial charge in [0.25, 0.3) is 0 Å². The van der Waals surface area contributed by atoms with Crippen LogP contribution in [0.3, 0.4) is 0 Å². The largest absolute Gasteiger partial charge is 0.445 e. The molecule has 92 valence electrons. The molecule has 0 spiro atoms. The number of carbonyl (C=O) groups excluding carboxylic acids is 1. The van der Waals surface area contributed by atoms with Gasteiger partial charge in [-0.25, -0.2) is 4.79 Å². The highest BCUT2D eigenvalue weighted by Crippen LogP contribution is 2.24. The molecule has 1 aromatic rings. The van der Waals surface area contributed by atoms with Crippen molar-refractivity contribution in [3.8, 4) is 0 Å². The smallest absolute Gasteiger partial charge is 0.408 e. The number of hydrogen-bond acceptors (Lipinski definition) is 3. The molecule has 1 aliphatic carbocycles. The molecule has 1 aliphatic rings. The van der Waals surface area contributed by atoms with Crippen LogP contribution in [-0.2, 0) is 11.3 Å². The van der Waals surface area contributed by atoms with Gasteiger partial charge < -0.3 is 10.1 Å². The Labute approximate surface area is 102 Å². The summed E-state index contributed by atoms with van der Waals surface area (Å²) in [5.41, 5.74) is 0.998.